The van der Waals surface area contributed by atoms with Crippen LogP contribution in [-0.4, -0.2) is 79.3 Å². The highest BCUT2D eigenvalue weighted by molar-refractivity contribution is 9.10. The van der Waals surface area contributed by atoms with Crippen LogP contribution in [0, 0.1) is 5.82 Å². The number of nitrogens with zero attached hydrogens (tertiary/aromatic N) is 7. The van der Waals surface area contributed by atoms with Crippen molar-refractivity contribution in [2.24, 2.45) is 0 Å². The highest BCUT2D eigenvalue weighted by atomic mass is 79.9. The van der Waals surface area contributed by atoms with Crippen LogP contribution in [0.2, 0.25) is 0 Å². The maximum Gasteiger partial charge on any atom is 0.227 e. The highest BCUT2D eigenvalue weighted by Gasteiger charge is 2.23. The lowest BCUT2D eigenvalue weighted by Crippen LogP contribution is -2.48. The van der Waals surface area contributed by atoms with Gasteiger partial charge >= 0.3 is 0 Å². The van der Waals surface area contributed by atoms with Crippen LogP contribution >= 0.6 is 15.9 Å². The number of pyridine rings is 1. The van der Waals surface area contributed by atoms with Crippen LogP contribution in [-0.2, 0) is 0 Å². The van der Waals surface area contributed by atoms with Gasteiger partial charge in [-0.25, -0.2) is 14.4 Å². The predicted molar refractivity (Wildman–Crippen MR) is 108 cm³/mol. The quantitative estimate of drug-likeness (QED) is 0.728. The van der Waals surface area contributed by atoms with Gasteiger partial charge in [0.1, 0.15) is 5.82 Å². The van der Waals surface area contributed by atoms with E-state index >= 15 is 0 Å². The third-order valence-corrected chi connectivity index (χ3v) is 5.54. The minimum absolute atomic E-state index is 0.300. The van der Waals surface area contributed by atoms with Crippen molar-refractivity contribution in [1.29, 1.82) is 0 Å². The molecule has 2 saturated heterocycles. The fourth-order valence-electron chi connectivity index (χ4n) is 3.46. The molecule has 0 N–H and O–H groups in total. The lowest BCUT2D eigenvalue weighted by atomic mass is 10.3. The largest absolute Gasteiger partial charge is 0.354 e. The third-order valence-electron chi connectivity index (χ3n) is 5.11. The average molecular weight is 436 g/mol. The summed E-state index contributed by atoms with van der Waals surface area (Å²) in [5.74, 6) is 1.84. The zero-order chi connectivity index (χ0) is 18.8. The van der Waals surface area contributed by atoms with Gasteiger partial charge in [0.15, 0.2) is 11.6 Å². The zero-order valence-corrected chi connectivity index (χ0v) is 16.9. The minimum Gasteiger partial charge on any atom is -0.354 e. The van der Waals surface area contributed by atoms with Crippen LogP contribution in [0.25, 0.3) is 0 Å². The average Bonchev–Trinajstić information content (AvgIpc) is 2.69. The molecule has 2 aromatic heterocycles. The number of halogens is 2. The van der Waals surface area contributed by atoms with Crippen LogP contribution in [0.3, 0.4) is 0 Å². The second-order valence-electron chi connectivity index (χ2n) is 6.94. The molecule has 2 aliphatic rings. The van der Waals surface area contributed by atoms with Gasteiger partial charge in [-0.05, 0) is 35.1 Å². The SMILES string of the molecule is CN1CCN(c2ccnc(N3CCN(c4ncc(Br)cc4F)CC3)n2)CC1. The Morgan fingerprint density at radius 2 is 1.59 bits per heavy atom. The summed E-state index contributed by atoms with van der Waals surface area (Å²) in [4.78, 5) is 22.2. The predicted octanol–water partition coefficient (Wildman–Crippen LogP) is 1.85. The Balaban J connectivity index is 1.41. The highest BCUT2D eigenvalue weighted by Crippen LogP contribution is 2.23. The first-order chi connectivity index (χ1) is 13.1. The Bertz CT molecular complexity index is 789. The van der Waals surface area contributed by atoms with Crippen molar-refractivity contribution in [2.75, 3.05) is 74.1 Å². The third kappa shape index (κ3) is 4.14. The van der Waals surface area contributed by atoms with Gasteiger partial charge in [0.25, 0.3) is 0 Å². The molecule has 9 heteroatoms. The molecule has 2 fully saturated rings. The molecule has 27 heavy (non-hydrogen) atoms. The molecule has 4 heterocycles. The van der Waals surface area contributed by atoms with Crippen molar-refractivity contribution in [2.45, 2.75) is 0 Å². The van der Waals surface area contributed by atoms with E-state index in [1.54, 1.807) is 6.20 Å². The monoisotopic (exact) mass is 435 g/mol. The van der Waals surface area contributed by atoms with Crippen LogP contribution in [0.15, 0.2) is 29.0 Å². The molecule has 0 radical (unpaired) electrons. The van der Waals surface area contributed by atoms with Crippen molar-refractivity contribution < 1.29 is 4.39 Å². The number of anilines is 3. The Labute approximate surface area is 166 Å². The van der Waals surface area contributed by atoms with Crippen LogP contribution in [0.1, 0.15) is 0 Å². The van der Waals surface area contributed by atoms with E-state index in [1.807, 2.05) is 17.2 Å². The second kappa shape index (κ2) is 7.93. The van der Waals surface area contributed by atoms with E-state index in [-0.39, 0.29) is 5.82 Å². The minimum atomic E-state index is -0.300. The van der Waals surface area contributed by atoms with Gasteiger partial charge in [-0.3, -0.25) is 0 Å². The Hall–Kier alpha value is -2.00. The zero-order valence-electron chi connectivity index (χ0n) is 15.4. The van der Waals surface area contributed by atoms with E-state index in [9.17, 15) is 4.39 Å². The van der Waals surface area contributed by atoms with Crippen LogP contribution in [0.4, 0.5) is 22.0 Å². The number of hydrogen-bond donors (Lipinski definition) is 0. The maximum atomic E-state index is 14.2. The molecule has 2 aromatic rings. The first-order valence-electron chi connectivity index (χ1n) is 9.17. The second-order valence-corrected chi connectivity index (χ2v) is 7.85. The standard InChI is InChI=1S/C18H23BrFN7/c1-24-4-6-25(7-5-24)16-2-3-21-18(23-16)27-10-8-26(9-11-27)17-15(20)12-14(19)13-22-17/h2-3,12-13H,4-11H2,1H3. The van der Waals surface area contributed by atoms with Crippen molar-refractivity contribution in [3.8, 4) is 0 Å². The molecule has 4 rings (SSSR count). The van der Waals surface area contributed by atoms with Crippen LogP contribution < -0.4 is 14.7 Å². The summed E-state index contributed by atoms with van der Waals surface area (Å²) in [6.07, 6.45) is 3.46. The molecular formula is C18H23BrFN7. The molecule has 0 aromatic carbocycles. The number of likely N-dealkylation sites (N-methyl/N-ethyl adjacent to an activating group) is 1. The van der Waals surface area contributed by atoms with Gasteiger partial charge in [0.05, 0.1) is 0 Å². The molecule has 0 unspecified atom stereocenters. The molecule has 0 amide bonds. The molecule has 0 bridgehead atoms. The number of rotatable bonds is 3. The summed E-state index contributed by atoms with van der Waals surface area (Å²) in [7, 11) is 2.14. The molecule has 0 saturated carbocycles. The maximum absolute atomic E-state index is 14.2. The van der Waals surface area contributed by atoms with E-state index < -0.39 is 0 Å². The number of piperazine rings is 2. The van der Waals surface area contributed by atoms with E-state index in [4.69, 9.17) is 4.98 Å². The van der Waals surface area contributed by atoms with E-state index in [0.717, 1.165) is 51.0 Å². The summed E-state index contributed by atoms with van der Waals surface area (Å²) in [5, 5.41) is 0. The molecule has 0 spiro atoms. The van der Waals surface area contributed by atoms with E-state index in [0.29, 0.717) is 23.4 Å². The molecule has 0 aliphatic carbocycles. The lowest BCUT2D eigenvalue weighted by Gasteiger charge is -2.36. The first kappa shape index (κ1) is 18.4. The van der Waals surface area contributed by atoms with Crippen molar-refractivity contribution in [3.05, 3.63) is 34.8 Å². The van der Waals surface area contributed by atoms with Crippen molar-refractivity contribution in [3.63, 3.8) is 0 Å². The summed E-state index contributed by atoms with van der Waals surface area (Å²) in [6, 6.07) is 3.43. The smallest absolute Gasteiger partial charge is 0.227 e. The van der Waals surface area contributed by atoms with E-state index in [1.165, 1.54) is 6.07 Å². The summed E-state index contributed by atoms with van der Waals surface area (Å²) in [5.41, 5.74) is 0. The van der Waals surface area contributed by atoms with Crippen molar-refractivity contribution in [1.82, 2.24) is 19.9 Å². The van der Waals surface area contributed by atoms with Crippen molar-refractivity contribution >= 4 is 33.5 Å². The topological polar surface area (TPSA) is 51.6 Å². The molecule has 7 nitrogen and oxygen atoms in total. The summed E-state index contributed by atoms with van der Waals surface area (Å²) in [6.45, 7) is 6.91. The van der Waals surface area contributed by atoms with Crippen LogP contribution in [0.5, 0.6) is 0 Å². The number of hydrogen-bond acceptors (Lipinski definition) is 7. The fraction of sp³-hybridized carbons (Fsp3) is 0.500. The van der Waals surface area contributed by atoms with Gasteiger partial charge in [0.2, 0.25) is 5.95 Å². The van der Waals surface area contributed by atoms with Gasteiger partial charge in [-0.1, -0.05) is 0 Å². The molecule has 2 aliphatic heterocycles. The Morgan fingerprint density at radius 3 is 2.30 bits per heavy atom. The molecular weight excluding hydrogens is 413 g/mol. The van der Waals surface area contributed by atoms with Gasteiger partial charge in [0, 0.05) is 69.2 Å². The normalized spacial score (nSPS) is 18.9. The fourth-order valence-corrected chi connectivity index (χ4v) is 3.76. The Morgan fingerprint density at radius 1 is 0.926 bits per heavy atom. The van der Waals surface area contributed by atoms with Gasteiger partial charge in [-0.15, -0.1) is 0 Å². The lowest BCUT2D eigenvalue weighted by molar-refractivity contribution is 0.312. The van der Waals surface area contributed by atoms with Gasteiger partial charge < -0.3 is 19.6 Å². The summed E-state index contributed by atoms with van der Waals surface area (Å²) >= 11 is 3.25. The Kier molecular flexibility index (Phi) is 5.40. The molecule has 144 valence electrons. The molecule has 0 atom stereocenters. The number of aromatic nitrogens is 3. The summed E-state index contributed by atoms with van der Waals surface area (Å²) < 4.78 is 14.8. The van der Waals surface area contributed by atoms with Gasteiger partial charge in [-0.2, -0.15) is 4.98 Å². The first-order valence-corrected chi connectivity index (χ1v) is 9.97. The van der Waals surface area contributed by atoms with E-state index in [2.05, 4.69) is 47.6 Å².